The second-order valence-electron chi connectivity index (χ2n) is 5.07. The van der Waals surface area contributed by atoms with E-state index in [0.29, 0.717) is 19.5 Å². The van der Waals surface area contributed by atoms with Crippen molar-refractivity contribution in [1.82, 2.24) is 9.88 Å². The molecule has 4 nitrogen and oxygen atoms in total. The molecule has 2 heterocycles. The molecule has 1 aliphatic heterocycles. The van der Waals surface area contributed by atoms with Crippen LogP contribution in [0.5, 0.6) is 0 Å². The molecule has 3 rings (SSSR count). The van der Waals surface area contributed by atoms with Crippen molar-refractivity contribution in [3.63, 3.8) is 0 Å². The van der Waals surface area contributed by atoms with Gasteiger partial charge in [0.2, 0.25) is 5.91 Å². The molecule has 0 radical (unpaired) electrons. The number of H-pyrrole nitrogens is 1. The van der Waals surface area contributed by atoms with Crippen LogP contribution in [0.1, 0.15) is 18.9 Å². The molecule has 1 saturated heterocycles. The highest BCUT2D eigenvalue weighted by molar-refractivity contribution is 8.14. The SMILES string of the molecule is CC(=O)SC1CC(=O)N(Cc2cccc3cc[nH]c23)C1. The lowest BCUT2D eigenvalue weighted by Crippen LogP contribution is -2.25. The number of likely N-dealkylation sites (tertiary alicyclic amines) is 1. The Labute approximate surface area is 121 Å². The minimum atomic E-state index is 0.0797. The number of para-hydroxylation sites is 1. The fourth-order valence-corrected chi connectivity index (χ4v) is 3.64. The van der Waals surface area contributed by atoms with Crippen molar-refractivity contribution >= 4 is 33.7 Å². The predicted molar refractivity (Wildman–Crippen MR) is 80.4 cm³/mol. The Balaban J connectivity index is 1.76. The first kappa shape index (κ1) is 13.2. The maximum Gasteiger partial charge on any atom is 0.224 e. The van der Waals surface area contributed by atoms with Gasteiger partial charge in [0.1, 0.15) is 0 Å². The molecular formula is C15H16N2O2S. The Hall–Kier alpha value is -1.75. The number of rotatable bonds is 3. The van der Waals surface area contributed by atoms with Crippen molar-refractivity contribution in [2.45, 2.75) is 25.1 Å². The van der Waals surface area contributed by atoms with Crippen LogP contribution in [0.3, 0.4) is 0 Å². The van der Waals surface area contributed by atoms with Crippen molar-refractivity contribution in [3.8, 4) is 0 Å². The van der Waals surface area contributed by atoms with Gasteiger partial charge in [0, 0.05) is 37.9 Å². The average Bonchev–Trinajstić information content (AvgIpc) is 2.97. The highest BCUT2D eigenvalue weighted by Crippen LogP contribution is 2.27. The van der Waals surface area contributed by atoms with E-state index in [1.54, 1.807) is 6.92 Å². The highest BCUT2D eigenvalue weighted by atomic mass is 32.2. The molecule has 0 spiro atoms. The summed E-state index contributed by atoms with van der Waals surface area (Å²) < 4.78 is 0. The second-order valence-corrected chi connectivity index (χ2v) is 6.55. The van der Waals surface area contributed by atoms with Crippen molar-refractivity contribution in [3.05, 3.63) is 36.0 Å². The molecule has 1 unspecified atom stereocenters. The third-order valence-corrected chi connectivity index (χ3v) is 4.53. The lowest BCUT2D eigenvalue weighted by molar-refractivity contribution is -0.128. The molecule has 1 fully saturated rings. The van der Waals surface area contributed by atoms with Crippen molar-refractivity contribution in [2.75, 3.05) is 6.54 Å². The number of carbonyl (C=O) groups excluding carboxylic acids is 2. The van der Waals surface area contributed by atoms with Crippen molar-refractivity contribution in [1.29, 1.82) is 0 Å². The van der Waals surface area contributed by atoms with E-state index in [0.717, 1.165) is 16.5 Å². The van der Waals surface area contributed by atoms with Crippen LogP contribution in [0.25, 0.3) is 10.9 Å². The number of benzene rings is 1. The summed E-state index contributed by atoms with van der Waals surface area (Å²) in [5.74, 6) is 0.132. The Bertz CT molecular complexity index is 665. The fourth-order valence-electron chi connectivity index (χ4n) is 2.69. The van der Waals surface area contributed by atoms with Gasteiger partial charge in [-0.3, -0.25) is 9.59 Å². The maximum absolute atomic E-state index is 12.0. The smallest absolute Gasteiger partial charge is 0.224 e. The van der Waals surface area contributed by atoms with E-state index >= 15 is 0 Å². The van der Waals surface area contributed by atoms with Gasteiger partial charge in [-0.05, 0) is 17.0 Å². The molecule has 0 bridgehead atoms. The first-order chi connectivity index (χ1) is 9.63. The van der Waals surface area contributed by atoms with Crippen LogP contribution in [-0.2, 0) is 16.1 Å². The van der Waals surface area contributed by atoms with Gasteiger partial charge in [0.15, 0.2) is 5.12 Å². The van der Waals surface area contributed by atoms with Gasteiger partial charge in [0.25, 0.3) is 0 Å². The number of aromatic amines is 1. The van der Waals surface area contributed by atoms with E-state index in [-0.39, 0.29) is 16.3 Å². The first-order valence-electron chi connectivity index (χ1n) is 6.63. The van der Waals surface area contributed by atoms with Crippen molar-refractivity contribution in [2.24, 2.45) is 0 Å². The number of carbonyl (C=O) groups is 2. The van der Waals surface area contributed by atoms with Crippen LogP contribution < -0.4 is 0 Å². The Morgan fingerprint density at radius 3 is 3.10 bits per heavy atom. The molecule has 1 aliphatic rings. The number of nitrogens with one attached hydrogen (secondary N) is 1. The number of thioether (sulfide) groups is 1. The van der Waals surface area contributed by atoms with Gasteiger partial charge in [-0.15, -0.1) is 0 Å². The van der Waals surface area contributed by atoms with E-state index in [4.69, 9.17) is 0 Å². The molecule has 104 valence electrons. The standard InChI is InChI=1S/C15H16N2O2S/c1-10(18)20-13-7-14(19)17(9-13)8-12-4-2-3-11-5-6-16-15(11)12/h2-6,13,16H,7-9H2,1H3. The summed E-state index contributed by atoms with van der Waals surface area (Å²) in [6.45, 7) is 2.81. The topological polar surface area (TPSA) is 53.2 Å². The molecule has 0 aliphatic carbocycles. The highest BCUT2D eigenvalue weighted by Gasteiger charge is 2.31. The fraction of sp³-hybridized carbons (Fsp3) is 0.333. The number of amides is 1. The Morgan fingerprint density at radius 2 is 2.30 bits per heavy atom. The molecular weight excluding hydrogens is 272 g/mol. The number of hydrogen-bond donors (Lipinski definition) is 1. The van der Waals surface area contributed by atoms with Crippen LogP contribution in [0.15, 0.2) is 30.5 Å². The molecule has 2 aromatic rings. The lowest BCUT2D eigenvalue weighted by atomic mass is 10.1. The van der Waals surface area contributed by atoms with Gasteiger partial charge in [-0.1, -0.05) is 30.0 Å². The van der Waals surface area contributed by atoms with Gasteiger partial charge >= 0.3 is 0 Å². The number of fused-ring (bicyclic) bond motifs is 1. The van der Waals surface area contributed by atoms with Gasteiger partial charge in [0.05, 0.1) is 5.52 Å². The van der Waals surface area contributed by atoms with Gasteiger partial charge < -0.3 is 9.88 Å². The summed E-state index contributed by atoms with van der Waals surface area (Å²) in [4.78, 5) is 28.2. The van der Waals surface area contributed by atoms with E-state index in [9.17, 15) is 9.59 Å². The minimum Gasteiger partial charge on any atom is -0.361 e. The number of aromatic nitrogens is 1. The summed E-state index contributed by atoms with van der Waals surface area (Å²) in [6.07, 6.45) is 2.37. The molecule has 20 heavy (non-hydrogen) atoms. The van der Waals surface area contributed by atoms with Gasteiger partial charge in [-0.2, -0.15) is 0 Å². The quantitative estimate of drug-likeness (QED) is 0.944. The molecule has 1 aromatic carbocycles. The largest absolute Gasteiger partial charge is 0.361 e. The van der Waals surface area contributed by atoms with Gasteiger partial charge in [-0.25, -0.2) is 0 Å². The third kappa shape index (κ3) is 2.58. The van der Waals surface area contributed by atoms with Crippen molar-refractivity contribution < 1.29 is 9.59 Å². The van der Waals surface area contributed by atoms with Crippen LogP contribution >= 0.6 is 11.8 Å². The third-order valence-electron chi connectivity index (χ3n) is 3.55. The summed E-state index contributed by atoms with van der Waals surface area (Å²) >= 11 is 1.28. The summed E-state index contributed by atoms with van der Waals surface area (Å²) in [6, 6.07) is 8.12. The van der Waals surface area contributed by atoms with Crippen LogP contribution in [0.4, 0.5) is 0 Å². The summed E-state index contributed by atoms with van der Waals surface area (Å²) in [7, 11) is 0. The lowest BCUT2D eigenvalue weighted by Gasteiger charge is -2.17. The van der Waals surface area contributed by atoms with E-state index in [1.807, 2.05) is 29.3 Å². The first-order valence-corrected chi connectivity index (χ1v) is 7.51. The normalized spacial score (nSPS) is 18.9. The minimum absolute atomic E-state index is 0.0797. The van der Waals surface area contributed by atoms with Crippen LogP contribution in [0, 0.1) is 0 Å². The number of nitrogens with zero attached hydrogens (tertiary/aromatic N) is 1. The molecule has 1 N–H and O–H groups in total. The van der Waals surface area contributed by atoms with E-state index < -0.39 is 0 Å². The zero-order valence-electron chi connectivity index (χ0n) is 11.3. The van der Waals surface area contributed by atoms with E-state index in [2.05, 4.69) is 11.1 Å². The predicted octanol–water partition coefficient (Wildman–Crippen LogP) is 2.55. The average molecular weight is 288 g/mol. The Kier molecular flexibility index (Phi) is 3.53. The zero-order valence-corrected chi connectivity index (χ0v) is 12.1. The maximum atomic E-state index is 12.0. The second kappa shape index (κ2) is 5.32. The summed E-state index contributed by atoms with van der Waals surface area (Å²) in [5, 5.41) is 1.34. The molecule has 1 amide bonds. The molecule has 0 saturated carbocycles. The van der Waals surface area contributed by atoms with Crippen LogP contribution in [0.2, 0.25) is 0 Å². The molecule has 1 aromatic heterocycles. The monoisotopic (exact) mass is 288 g/mol. The molecule has 1 atom stereocenters. The van der Waals surface area contributed by atoms with Crippen LogP contribution in [-0.4, -0.2) is 32.7 Å². The summed E-state index contributed by atoms with van der Waals surface area (Å²) in [5.41, 5.74) is 2.21. The molecule has 5 heteroatoms. The number of hydrogen-bond acceptors (Lipinski definition) is 3. The Morgan fingerprint density at radius 1 is 1.45 bits per heavy atom. The zero-order chi connectivity index (χ0) is 14.1. The van der Waals surface area contributed by atoms with E-state index in [1.165, 1.54) is 11.8 Å².